The highest BCUT2D eigenvalue weighted by molar-refractivity contribution is 6.39. The zero-order chi connectivity index (χ0) is 24.5. The van der Waals surface area contributed by atoms with Crippen molar-refractivity contribution in [1.29, 1.82) is 0 Å². The van der Waals surface area contributed by atoms with E-state index in [9.17, 15) is 14.4 Å². The van der Waals surface area contributed by atoms with Crippen molar-refractivity contribution in [3.8, 4) is 5.75 Å². The Morgan fingerprint density at radius 3 is 2.32 bits per heavy atom. The third kappa shape index (κ3) is 7.03. The summed E-state index contributed by atoms with van der Waals surface area (Å²) < 4.78 is 5.64. The number of carbonyl (C=O) groups is 3. The molecule has 0 aromatic heterocycles. The summed E-state index contributed by atoms with van der Waals surface area (Å²) in [7, 11) is 0. The van der Waals surface area contributed by atoms with Crippen molar-refractivity contribution in [2.45, 2.75) is 20.8 Å². The number of hydrogen-bond acceptors (Lipinski definition) is 5. The molecular formula is C26H26N4O4. The van der Waals surface area contributed by atoms with Gasteiger partial charge in [0.15, 0.2) is 6.61 Å². The van der Waals surface area contributed by atoms with Crippen molar-refractivity contribution in [2.24, 2.45) is 5.10 Å². The van der Waals surface area contributed by atoms with Gasteiger partial charge in [-0.2, -0.15) is 5.10 Å². The number of nitrogens with one attached hydrogen (secondary N) is 3. The Morgan fingerprint density at radius 1 is 0.853 bits per heavy atom. The number of para-hydroxylation sites is 1. The van der Waals surface area contributed by atoms with E-state index < -0.39 is 11.8 Å². The smallest absolute Gasteiger partial charge is 0.329 e. The Kier molecular flexibility index (Phi) is 8.12. The van der Waals surface area contributed by atoms with Gasteiger partial charge in [-0.05, 0) is 62.2 Å². The summed E-state index contributed by atoms with van der Waals surface area (Å²) in [6, 6.07) is 19.8. The van der Waals surface area contributed by atoms with Gasteiger partial charge in [0.05, 0.1) is 6.21 Å². The van der Waals surface area contributed by atoms with Crippen LogP contribution in [0.4, 0.5) is 11.4 Å². The van der Waals surface area contributed by atoms with E-state index in [0.717, 1.165) is 22.4 Å². The summed E-state index contributed by atoms with van der Waals surface area (Å²) in [5.41, 5.74) is 6.98. The number of amides is 3. The molecule has 34 heavy (non-hydrogen) atoms. The number of hydrazone groups is 1. The van der Waals surface area contributed by atoms with Crippen LogP contribution in [0.2, 0.25) is 0 Å². The Bertz CT molecular complexity index is 1220. The molecular weight excluding hydrogens is 432 g/mol. The summed E-state index contributed by atoms with van der Waals surface area (Å²) in [5, 5.41) is 9.16. The van der Waals surface area contributed by atoms with Gasteiger partial charge in [0, 0.05) is 16.9 Å². The molecule has 0 fully saturated rings. The van der Waals surface area contributed by atoms with Gasteiger partial charge in [0.25, 0.3) is 5.91 Å². The molecule has 3 amide bonds. The van der Waals surface area contributed by atoms with Crippen molar-refractivity contribution in [2.75, 3.05) is 17.2 Å². The van der Waals surface area contributed by atoms with Crippen LogP contribution in [0.1, 0.15) is 22.3 Å². The molecule has 0 heterocycles. The fraction of sp³-hybridized carbons (Fsp3) is 0.154. The topological polar surface area (TPSA) is 109 Å². The first-order valence-corrected chi connectivity index (χ1v) is 10.6. The average Bonchev–Trinajstić information content (AvgIpc) is 2.82. The molecule has 0 bridgehead atoms. The summed E-state index contributed by atoms with van der Waals surface area (Å²) in [6.07, 6.45) is 1.34. The number of hydrogen-bond donors (Lipinski definition) is 3. The SMILES string of the molecule is Cc1ccc(NC(=O)C(=O)N/N=C\c2ccccc2OCC(=O)Nc2cc(C)ccc2C)cc1. The van der Waals surface area contributed by atoms with Gasteiger partial charge in [-0.3, -0.25) is 14.4 Å². The Morgan fingerprint density at radius 2 is 1.56 bits per heavy atom. The number of ether oxygens (including phenoxy) is 1. The highest BCUT2D eigenvalue weighted by Gasteiger charge is 2.13. The van der Waals surface area contributed by atoms with Crippen LogP contribution < -0.4 is 20.8 Å². The van der Waals surface area contributed by atoms with Gasteiger partial charge in [0.2, 0.25) is 0 Å². The molecule has 3 aromatic rings. The second-order valence-corrected chi connectivity index (χ2v) is 7.71. The number of carbonyl (C=O) groups excluding carboxylic acids is 3. The Hall–Kier alpha value is -4.46. The maximum atomic E-state index is 12.3. The highest BCUT2D eigenvalue weighted by atomic mass is 16.5. The van der Waals surface area contributed by atoms with Crippen LogP contribution in [-0.4, -0.2) is 30.5 Å². The molecule has 0 saturated carbocycles. The van der Waals surface area contributed by atoms with Gasteiger partial charge >= 0.3 is 11.8 Å². The largest absolute Gasteiger partial charge is 0.483 e. The molecule has 0 unspecified atom stereocenters. The zero-order valence-electron chi connectivity index (χ0n) is 19.2. The van der Waals surface area contributed by atoms with Crippen LogP contribution in [0.15, 0.2) is 71.8 Å². The van der Waals surface area contributed by atoms with Crippen molar-refractivity contribution in [3.05, 3.63) is 89.0 Å². The summed E-state index contributed by atoms with van der Waals surface area (Å²) >= 11 is 0. The molecule has 3 N–H and O–H groups in total. The lowest BCUT2D eigenvalue weighted by Crippen LogP contribution is -2.32. The second kappa shape index (κ2) is 11.4. The van der Waals surface area contributed by atoms with Crippen LogP contribution in [0.5, 0.6) is 5.75 Å². The van der Waals surface area contributed by atoms with Crippen LogP contribution in [-0.2, 0) is 14.4 Å². The molecule has 3 rings (SSSR count). The molecule has 8 nitrogen and oxygen atoms in total. The molecule has 0 saturated heterocycles. The van der Waals surface area contributed by atoms with E-state index in [1.165, 1.54) is 6.21 Å². The first-order valence-electron chi connectivity index (χ1n) is 10.6. The lowest BCUT2D eigenvalue weighted by atomic mass is 10.1. The molecule has 0 atom stereocenters. The predicted octanol–water partition coefficient (Wildman–Crippen LogP) is 3.72. The zero-order valence-corrected chi connectivity index (χ0v) is 19.2. The number of rotatable bonds is 7. The maximum absolute atomic E-state index is 12.3. The minimum atomic E-state index is -0.914. The average molecular weight is 459 g/mol. The fourth-order valence-electron chi connectivity index (χ4n) is 2.95. The number of anilines is 2. The first-order chi connectivity index (χ1) is 16.3. The minimum absolute atomic E-state index is 0.205. The summed E-state index contributed by atoms with van der Waals surface area (Å²) in [4.78, 5) is 36.4. The third-order valence-corrected chi connectivity index (χ3v) is 4.83. The van der Waals surface area contributed by atoms with E-state index in [-0.39, 0.29) is 12.5 Å². The number of aryl methyl sites for hydroxylation is 3. The van der Waals surface area contributed by atoms with E-state index >= 15 is 0 Å². The number of nitrogens with zero attached hydrogens (tertiary/aromatic N) is 1. The monoisotopic (exact) mass is 458 g/mol. The quantitative estimate of drug-likeness (QED) is 0.285. The van der Waals surface area contributed by atoms with E-state index in [1.54, 1.807) is 36.4 Å². The normalized spacial score (nSPS) is 10.6. The molecule has 8 heteroatoms. The predicted molar refractivity (Wildman–Crippen MR) is 132 cm³/mol. The highest BCUT2D eigenvalue weighted by Crippen LogP contribution is 2.18. The Balaban J connectivity index is 1.54. The molecule has 0 radical (unpaired) electrons. The van der Waals surface area contributed by atoms with Gasteiger partial charge in [0.1, 0.15) is 5.75 Å². The maximum Gasteiger partial charge on any atom is 0.329 e. The van der Waals surface area contributed by atoms with Crippen molar-refractivity contribution < 1.29 is 19.1 Å². The first kappa shape index (κ1) is 24.2. The van der Waals surface area contributed by atoms with Crippen molar-refractivity contribution in [1.82, 2.24) is 5.43 Å². The number of benzene rings is 3. The summed E-state index contributed by atoms with van der Waals surface area (Å²) in [5.74, 6) is -1.65. The van der Waals surface area contributed by atoms with E-state index in [1.807, 2.05) is 51.1 Å². The molecule has 0 spiro atoms. The molecule has 0 aliphatic heterocycles. The van der Waals surface area contributed by atoms with Crippen LogP contribution >= 0.6 is 0 Å². The van der Waals surface area contributed by atoms with E-state index in [2.05, 4.69) is 21.2 Å². The van der Waals surface area contributed by atoms with Gasteiger partial charge in [-0.15, -0.1) is 0 Å². The second-order valence-electron chi connectivity index (χ2n) is 7.71. The van der Waals surface area contributed by atoms with Crippen LogP contribution in [0.25, 0.3) is 0 Å². The van der Waals surface area contributed by atoms with Crippen molar-refractivity contribution in [3.63, 3.8) is 0 Å². The molecule has 174 valence electrons. The Labute approximate surface area is 198 Å². The van der Waals surface area contributed by atoms with E-state index in [0.29, 0.717) is 17.0 Å². The lowest BCUT2D eigenvalue weighted by Gasteiger charge is -2.11. The molecule has 0 aliphatic carbocycles. The van der Waals surface area contributed by atoms with Crippen LogP contribution in [0, 0.1) is 20.8 Å². The van der Waals surface area contributed by atoms with Gasteiger partial charge < -0.3 is 15.4 Å². The molecule has 3 aromatic carbocycles. The lowest BCUT2D eigenvalue weighted by molar-refractivity contribution is -0.136. The van der Waals surface area contributed by atoms with Crippen molar-refractivity contribution >= 4 is 35.3 Å². The minimum Gasteiger partial charge on any atom is -0.483 e. The van der Waals surface area contributed by atoms with E-state index in [4.69, 9.17) is 4.74 Å². The fourth-order valence-corrected chi connectivity index (χ4v) is 2.95. The van der Waals surface area contributed by atoms with Crippen LogP contribution in [0.3, 0.4) is 0 Å². The molecule has 0 aliphatic rings. The third-order valence-electron chi connectivity index (χ3n) is 4.83. The van der Waals surface area contributed by atoms with Gasteiger partial charge in [-0.25, -0.2) is 5.43 Å². The standard InChI is InChI=1S/C26H26N4O4/c1-17-9-12-21(13-10-17)28-25(32)26(33)30-27-15-20-6-4-5-7-23(20)34-16-24(31)29-22-14-18(2)8-11-19(22)3/h4-15H,16H2,1-3H3,(H,28,32)(H,29,31)(H,30,33)/b27-15-. The van der Waals surface area contributed by atoms with Gasteiger partial charge in [-0.1, -0.05) is 42.0 Å². The summed E-state index contributed by atoms with van der Waals surface area (Å²) in [6.45, 7) is 5.58.